The number of nitrogens with zero attached hydrogens (tertiary/aromatic N) is 4. The maximum atomic E-state index is 12.8. The van der Waals surface area contributed by atoms with Crippen LogP contribution in [-0.4, -0.2) is 60.7 Å². The molecule has 1 amide bonds. The highest BCUT2D eigenvalue weighted by atomic mass is 16.5. The normalized spacial score (nSPS) is 13.7. The molecule has 1 aliphatic heterocycles. The SMILES string of the molecule is COc1ccc(-c2cc(N3CCN(C(=O)COc4cccc5ccccc45)CC3)ncn2)cc1. The number of ether oxygens (including phenoxy) is 2. The Morgan fingerprint density at radius 1 is 0.912 bits per heavy atom. The number of rotatable bonds is 6. The number of fused-ring (bicyclic) bond motifs is 1. The van der Waals surface area contributed by atoms with Gasteiger partial charge in [0, 0.05) is 43.2 Å². The fourth-order valence-electron chi connectivity index (χ4n) is 4.18. The van der Waals surface area contributed by atoms with E-state index in [0.717, 1.165) is 39.3 Å². The minimum absolute atomic E-state index is 0.00538. The number of anilines is 1. The standard InChI is InChI=1S/C27H26N4O3/c1-33-22-11-9-21(10-12-22)24-17-26(29-19-28-24)30-13-15-31(16-14-30)27(32)18-34-25-8-4-6-20-5-2-3-7-23(20)25/h2-12,17,19H,13-16,18H2,1H3. The first-order chi connectivity index (χ1) is 16.7. The van der Waals surface area contributed by atoms with Crippen LogP contribution >= 0.6 is 0 Å². The molecule has 1 aliphatic rings. The zero-order valence-electron chi connectivity index (χ0n) is 19.1. The first-order valence-electron chi connectivity index (χ1n) is 11.3. The van der Waals surface area contributed by atoms with E-state index < -0.39 is 0 Å². The molecule has 5 rings (SSSR count). The summed E-state index contributed by atoms with van der Waals surface area (Å²) in [6.45, 7) is 2.69. The van der Waals surface area contributed by atoms with Gasteiger partial charge in [0.25, 0.3) is 5.91 Å². The van der Waals surface area contributed by atoms with Crippen LogP contribution in [0.5, 0.6) is 11.5 Å². The lowest BCUT2D eigenvalue weighted by molar-refractivity contribution is -0.133. The van der Waals surface area contributed by atoms with Gasteiger partial charge in [-0.15, -0.1) is 0 Å². The van der Waals surface area contributed by atoms with Crippen molar-refractivity contribution < 1.29 is 14.3 Å². The summed E-state index contributed by atoms with van der Waals surface area (Å²) in [7, 11) is 1.65. The van der Waals surface area contributed by atoms with Crippen molar-refractivity contribution in [3.8, 4) is 22.8 Å². The molecule has 0 bridgehead atoms. The van der Waals surface area contributed by atoms with Crippen molar-refractivity contribution >= 4 is 22.5 Å². The molecular formula is C27H26N4O3. The molecule has 1 fully saturated rings. The maximum Gasteiger partial charge on any atom is 0.260 e. The quantitative estimate of drug-likeness (QED) is 0.438. The predicted octanol–water partition coefficient (Wildman–Crippen LogP) is 4.03. The van der Waals surface area contributed by atoms with Gasteiger partial charge >= 0.3 is 0 Å². The summed E-state index contributed by atoms with van der Waals surface area (Å²) in [4.78, 5) is 25.7. The lowest BCUT2D eigenvalue weighted by atomic mass is 10.1. The fourth-order valence-corrected chi connectivity index (χ4v) is 4.18. The summed E-state index contributed by atoms with van der Waals surface area (Å²) >= 11 is 0. The molecule has 1 aromatic heterocycles. The number of hydrogen-bond acceptors (Lipinski definition) is 6. The number of aromatic nitrogens is 2. The highest BCUT2D eigenvalue weighted by molar-refractivity contribution is 5.88. The topological polar surface area (TPSA) is 67.8 Å². The van der Waals surface area contributed by atoms with Crippen molar-refractivity contribution in [2.75, 3.05) is 44.8 Å². The van der Waals surface area contributed by atoms with E-state index in [1.807, 2.05) is 77.7 Å². The number of amides is 1. The molecule has 7 nitrogen and oxygen atoms in total. The molecule has 0 radical (unpaired) electrons. The van der Waals surface area contributed by atoms with Gasteiger partial charge in [-0.05, 0) is 35.7 Å². The van der Waals surface area contributed by atoms with E-state index in [9.17, 15) is 4.79 Å². The first kappa shape index (κ1) is 21.7. The van der Waals surface area contributed by atoms with Crippen LogP contribution in [-0.2, 0) is 4.79 Å². The lowest BCUT2D eigenvalue weighted by Gasteiger charge is -2.35. The van der Waals surface area contributed by atoms with E-state index in [4.69, 9.17) is 9.47 Å². The molecule has 34 heavy (non-hydrogen) atoms. The lowest BCUT2D eigenvalue weighted by Crippen LogP contribution is -2.50. The van der Waals surface area contributed by atoms with Gasteiger partial charge in [0.1, 0.15) is 23.6 Å². The third kappa shape index (κ3) is 4.64. The van der Waals surface area contributed by atoms with Gasteiger partial charge in [-0.2, -0.15) is 0 Å². The van der Waals surface area contributed by atoms with Crippen molar-refractivity contribution in [2.24, 2.45) is 0 Å². The third-order valence-electron chi connectivity index (χ3n) is 6.10. The van der Waals surface area contributed by atoms with Crippen molar-refractivity contribution in [1.82, 2.24) is 14.9 Å². The van der Waals surface area contributed by atoms with E-state index in [-0.39, 0.29) is 12.5 Å². The minimum atomic E-state index is -0.00538. The summed E-state index contributed by atoms with van der Waals surface area (Å²) in [5, 5.41) is 2.11. The van der Waals surface area contributed by atoms with E-state index >= 15 is 0 Å². The predicted molar refractivity (Wildman–Crippen MR) is 132 cm³/mol. The summed E-state index contributed by atoms with van der Waals surface area (Å²) < 4.78 is 11.1. The van der Waals surface area contributed by atoms with E-state index in [1.54, 1.807) is 13.4 Å². The average Bonchev–Trinajstić information content (AvgIpc) is 2.92. The van der Waals surface area contributed by atoms with Crippen LogP contribution in [0.3, 0.4) is 0 Å². The number of piperazine rings is 1. The number of methoxy groups -OCH3 is 1. The molecule has 0 spiro atoms. The van der Waals surface area contributed by atoms with Crippen LogP contribution in [0.4, 0.5) is 5.82 Å². The van der Waals surface area contributed by atoms with Crippen molar-refractivity contribution in [2.45, 2.75) is 0 Å². The zero-order valence-corrected chi connectivity index (χ0v) is 19.1. The van der Waals surface area contributed by atoms with Gasteiger partial charge in [0.2, 0.25) is 0 Å². The molecule has 0 unspecified atom stereocenters. The monoisotopic (exact) mass is 454 g/mol. The Bertz CT molecular complexity index is 1280. The molecule has 172 valence electrons. The van der Waals surface area contributed by atoms with E-state index in [1.165, 1.54) is 0 Å². The Balaban J connectivity index is 1.19. The second-order valence-corrected chi connectivity index (χ2v) is 8.12. The van der Waals surface area contributed by atoms with Gasteiger partial charge in [-0.1, -0.05) is 36.4 Å². The van der Waals surface area contributed by atoms with Crippen molar-refractivity contribution in [1.29, 1.82) is 0 Å². The second-order valence-electron chi connectivity index (χ2n) is 8.12. The Kier molecular flexibility index (Phi) is 6.25. The summed E-state index contributed by atoms with van der Waals surface area (Å²) in [5.41, 5.74) is 1.86. The Morgan fingerprint density at radius 2 is 1.68 bits per heavy atom. The van der Waals surface area contributed by atoms with Crippen LogP contribution in [0.25, 0.3) is 22.0 Å². The Labute approximate surface area is 198 Å². The molecule has 2 heterocycles. The first-order valence-corrected chi connectivity index (χ1v) is 11.3. The fraction of sp³-hybridized carbons (Fsp3) is 0.222. The van der Waals surface area contributed by atoms with Gasteiger partial charge in [0.15, 0.2) is 6.61 Å². The number of hydrogen-bond donors (Lipinski definition) is 0. The average molecular weight is 455 g/mol. The Hall–Kier alpha value is -4.13. The molecule has 0 atom stereocenters. The van der Waals surface area contributed by atoms with Crippen LogP contribution < -0.4 is 14.4 Å². The Morgan fingerprint density at radius 3 is 2.47 bits per heavy atom. The maximum absolute atomic E-state index is 12.8. The van der Waals surface area contributed by atoms with Gasteiger partial charge in [-0.3, -0.25) is 4.79 Å². The number of carbonyl (C=O) groups excluding carboxylic acids is 1. The second kappa shape index (κ2) is 9.79. The van der Waals surface area contributed by atoms with Gasteiger partial charge in [-0.25, -0.2) is 9.97 Å². The molecular weight excluding hydrogens is 428 g/mol. The number of benzene rings is 3. The molecule has 0 saturated carbocycles. The molecule has 0 aliphatic carbocycles. The largest absolute Gasteiger partial charge is 0.497 e. The van der Waals surface area contributed by atoms with Gasteiger partial charge in [0.05, 0.1) is 12.8 Å². The van der Waals surface area contributed by atoms with Crippen LogP contribution in [0, 0.1) is 0 Å². The minimum Gasteiger partial charge on any atom is -0.497 e. The van der Waals surface area contributed by atoms with Crippen LogP contribution in [0.1, 0.15) is 0 Å². The van der Waals surface area contributed by atoms with E-state index in [2.05, 4.69) is 14.9 Å². The highest BCUT2D eigenvalue weighted by Gasteiger charge is 2.23. The van der Waals surface area contributed by atoms with E-state index in [0.29, 0.717) is 26.2 Å². The van der Waals surface area contributed by atoms with Gasteiger partial charge < -0.3 is 19.3 Å². The molecule has 4 aromatic rings. The molecule has 7 heteroatoms. The third-order valence-corrected chi connectivity index (χ3v) is 6.10. The summed E-state index contributed by atoms with van der Waals surface area (Å²) in [6.07, 6.45) is 1.59. The summed E-state index contributed by atoms with van der Waals surface area (Å²) in [6, 6.07) is 23.7. The van der Waals surface area contributed by atoms with Crippen molar-refractivity contribution in [3.05, 3.63) is 79.1 Å². The number of carbonyl (C=O) groups is 1. The summed E-state index contributed by atoms with van der Waals surface area (Å²) in [5.74, 6) is 2.40. The van der Waals surface area contributed by atoms with Crippen LogP contribution in [0.15, 0.2) is 79.1 Å². The zero-order chi connectivity index (χ0) is 23.3. The van der Waals surface area contributed by atoms with Crippen LogP contribution in [0.2, 0.25) is 0 Å². The molecule has 3 aromatic carbocycles. The highest BCUT2D eigenvalue weighted by Crippen LogP contribution is 2.26. The van der Waals surface area contributed by atoms with Crippen molar-refractivity contribution in [3.63, 3.8) is 0 Å². The molecule has 0 N–H and O–H groups in total. The molecule has 1 saturated heterocycles. The smallest absolute Gasteiger partial charge is 0.260 e.